The topological polar surface area (TPSA) is 272 Å². The first-order valence-corrected chi connectivity index (χ1v) is 17.9. The molecule has 0 bridgehead atoms. The number of allylic oxidation sites excluding steroid dienone is 2. The van der Waals surface area contributed by atoms with E-state index in [1.165, 1.54) is 11.8 Å². The second-order valence-electron chi connectivity index (χ2n) is 13.2. The van der Waals surface area contributed by atoms with E-state index in [0.29, 0.717) is 17.0 Å². The summed E-state index contributed by atoms with van der Waals surface area (Å²) < 4.78 is 39.6. The lowest BCUT2D eigenvalue weighted by atomic mass is 9.99. The van der Waals surface area contributed by atoms with Crippen molar-refractivity contribution >= 4 is 22.9 Å². The molecule has 2 aromatic heterocycles. The predicted molar refractivity (Wildman–Crippen MR) is 196 cm³/mol. The van der Waals surface area contributed by atoms with Crippen molar-refractivity contribution < 1.29 is 73.1 Å². The number of hydrogen-bond acceptors (Lipinski definition) is 18. The summed E-state index contributed by atoms with van der Waals surface area (Å²) in [6, 6.07) is 7.38. The first-order chi connectivity index (χ1) is 27.3. The molecule has 19 heteroatoms. The largest absolute Gasteiger partial charge is 0.507 e. The fourth-order valence-corrected chi connectivity index (χ4v) is 5.71. The summed E-state index contributed by atoms with van der Waals surface area (Å²) in [5.41, 5.74) is 0.995. The number of methoxy groups -OCH3 is 1. The van der Waals surface area contributed by atoms with E-state index in [1.54, 1.807) is 30.5 Å². The third-order valence-electron chi connectivity index (χ3n) is 8.78. The summed E-state index contributed by atoms with van der Waals surface area (Å²) in [5.74, 6) is -2.72. The number of aromatic hydroxyl groups is 2. The quantitative estimate of drug-likeness (QED) is 0.0469. The molecule has 0 amide bonds. The number of aliphatic hydroxyl groups excluding tert-OH is 4. The van der Waals surface area contributed by atoms with Crippen LogP contribution < -0.4 is 14.9 Å². The van der Waals surface area contributed by atoms with Crippen LogP contribution in [0.25, 0.3) is 22.3 Å². The number of hydrogen-bond donors (Lipinski definition) is 6. The van der Waals surface area contributed by atoms with Gasteiger partial charge in [0.15, 0.2) is 12.1 Å². The molecule has 5 atom stereocenters. The van der Waals surface area contributed by atoms with Crippen molar-refractivity contribution in [3.05, 3.63) is 69.7 Å². The van der Waals surface area contributed by atoms with E-state index in [2.05, 4.69) is 10.3 Å². The van der Waals surface area contributed by atoms with E-state index in [-0.39, 0.29) is 73.9 Å². The minimum atomic E-state index is -1.56. The van der Waals surface area contributed by atoms with Crippen LogP contribution in [0.3, 0.4) is 0 Å². The van der Waals surface area contributed by atoms with Gasteiger partial charge in [0.25, 0.3) is 0 Å². The average molecular weight is 800 g/mol. The van der Waals surface area contributed by atoms with Crippen molar-refractivity contribution in [3.8, 4) is 34.3 Å². The van der Waals surface area contributed by atoms with Crippen LogP contribution in [0.4, 0.5) is 0 Å². The van der Waals surface area contributed by atoms with Crippen LogP contribution in [0.1, 0.15) is 37.9 Å². The van der Waals surface area contributed by atoms with E-state index in [9.17, 15) is 45.0 Å². The zero-order valence-corrected chi connectivity index (χ0v) is 31.4. The molecule has 308 valence electrons. The summed E-state index contributed by atoms with van der Waals surface area (Å²) >= 11 is 0. The molecule has 1 aliphatic rings. The Morgan fingerprint density at radius 2 is 1.70 bits per heavy atom. The second-order valence-corrected chi connectivity index (χ2v) is 13.2. The molecule has 1 fully saturated rings. The van der Waals surface area contributed by atoms with Crippen molar-refractivity contribution in [1.29, 1.82) is 0 Å². The van der Waals surface area contributed by atoms with Crippen molar-refractivity contribution in [2.75, 3.05) is 33.5 Å². The molecule has 1 aliphatic heterocycles. The van der Waals surface area contributed by atoms with Gasteiger partial charge in [0.2, 0.25) is 11.2 Å². The third kappa shape index (κ3) is 10.7. The van der Waals surface area contributed by atoms with Gasteiger partial charge in [-0.1, -0.05) is 16.9 Å². The lowest BCUT2D eigenvalue weighted by Crippen LogP contribution is -2.59. The minimum Gasteiger partial charge on any atom is -0.507 e. The summed E-state index contributed by atoms with van der Waals surface area (Å²) in [7, 11) is 1.48. The van der Waals surface area contributed by atoms with Crippen molar-refractivity contribution in [3.63, 3.8) is 0 Å². The van der Waals surface area contributed by atoms with E-state index in [0.717, 1.165) is 11.6 Å². The van der Waals surface area contributed by atoms with Gasteiger partial charge in [-0.15, -0.1) is 5.10 Å². The molecule has 5 rings (SSSR count). The summed E-state index contributed by atoms with van der Waals surface area (Å²) in [4.78, 5) is 39.2. The molecular weight excluding hydrogens is 754 g/mol. The molecule has 1 saturated heterocycles. The van der Waals surface area contributed by atoms with Crippen LogP contribution in [0.15, 0.2) is 57.4 Å². The number of esters is 2. The van der Waals surface area contributed by atoms with Crippen LogP contribution >= 0.6 is 0 Å². The van der Waals surface area contributed by atoms with Crippen molar-refractivity contribution in [2.24, 2.45) is 0 Å². The number of aliphatic hydroxyl groups is 4. The summed E-state index contributed by atoms with van der Waals surface area (Å²) in [6.07, 6.45) is -4.23. The molecule has 3 heterocycles. The van der Waals surface area contributed by atoms with Crippen molar-refractivity contribution in [2.45, 2.75) is 77.0 Å². The highest BCUT2D eigenvalue weighted by Gasteiger charge is 2.44. The fourth-order valence-electron chi connectivity index (χ4n) is 5.71. The Balaban J connectivity index is 1.12. The average Bonchev–Trinajstić information content (AvgIpc) is 3.64. The maximum Gasteiger partial charge on any atom is 0.312 e. The zero-order valence-electron chi connectivity index (χ0n) is 31.4. The van der Waals surface area contributed by atoms with Gasteiger partial charge in [-0.2, -0.15) is 0 Å². The number of phenolic OH excluding ortho intramolecular Hbond substituents is 2. The predicted octanol–water partition coefficient (Wildman–Crippen LogP) is 1.24. The molecule has 0 aliphatic carbocycles. The number of carbonyl (C=O) groups excluding carboxylic acids is 2. The number of rotatable bonds is 18. The van der Waals surface area contributed by atoms with E-state index in [4.69, 9.17) is 32.8 Å². The van der Waals surface area contributed by atoms with Crippen LogP contribution in [0, 0.1) is 0 Å². The van der Waals surface area contributed by atoms with Gasteiger partial charge >= 0.3 is 11.9 Å². The van der Waals surface area contributed by atoms with Crippen LogP contribution in [0.5, 0.6) is 23.0 Å². The zero-order chi connectivity index (χ0) is 41.2. The number of aromatic nitrogens is 3. The van der Waals surface area contributed by atoms with Crippen LogP contribution in [0.2, 0.25) is 0 Å². The Kier molecular flexibility index (Phi) is 14.7. The lowest BCUT2D eigenvalue weighted by molar-refractivity contribution is -0.301. The molecular formula is C38H45N3O16. The molecule has 0 saturated carbocycles. The monoisotopic (exact) mass is 799 g/mol. The first-order valence-electron chi connectivity index (χ1n) is 17.9. The van der Waals surface area contributed by atoms with Gasteiger partial charge in [0.05, 0.1) is 59.1 Å². The van der Waals surface area contributed by atoms with Gasteiger partial charge < -0.3 is 63.5 Å². The Bertz CT molecular complexity index is 2090. The molecule has 2 aromatic carbocycles. The van der Waals surface area contributed by atoms with Crippen molar-refractivity contribution in [1.82, 2.24) is 15.0 Å². The molecule has 57 heavy (non-hydrogen) atoms. The van der Waals surface area contributed by atoms with Gasteiger partial charge in [-0.25, -0.2) is 4.68 Å². The lowest BCUT2D eigenvalue weighted by Gasteiger charge is -2.39. The minimum absolute atomic E-state index is 0.0119. The molecule has 0 radical (unpaired) electrons. The second kappa shape index (κ2) is 19.6. The highest BCUT2D eigenvalue weighted by atomic mass is 16.7. The van der Waals surface area contributed by atoms with E-state index in [1.807, 2.05) is 19.9 Å². The molecule has 4 aromatic rings. The normalized spacial score (nSPS) is 19.3. The highest BCUT2D eigenvalue weighted by Crippen LogP contribution is 2.39. The SMILES string of the molecule is COc1ccc(-c2oc3c(CC=C(C)C)c(O)cc(O)c3c(=O)c2OC(=O)CCC(=O)OCCOCc2cn(CCO[C@H]3O[C@@H](CO)[C@H](O)[C@@H](O)[C@@H]3O)nn2)cc1. The fraction of sp³-hybridized carbons (Fsp3) is 0.447. The Morgan fingerprint density at radius 3 is 2.40 bits per heavy atom. The Labute approximate surface area is 325 Å². The smallest absolute Gasteiger partial charge is 0.312 e. The van der Waals surface area contributed by atoms with Gasteiger partial charge in [-0.05, 0) is 44.5 Å². The Hall–Kier alpha value is -5.41. The number of nitrogens with zero attached hydrogens (tertiary/aromatic N) is 3. The summed E-state index contributed by atoms with van der Waals surface area (Å²) in [5, 5.41) is 68.1. The van der Waals surface area contributed by atoms with E-state index < -0.39 is 72.6 Å². The molecule has 6 N–H and O–H groups in total. The van der Waals surface area contributed by atoms with Gasteiger partial charge in [0, 0.05) is 17.2 Å². The van der Waals surface area contributed by atoms with Gasteiger partial charge in [-0.3, -0.25) is 14.4 Å². The van der Waals surface area contributed by atoms with E-state index >= 15 is 0 Å². The number of ether oxygens (including phenoxy) is 6. The van der Waals surface area contributed by atoms with Crippen LogP contribution in [-0.4, -0.2) is 122 Å². The summed E-state index contributed by atoms with van der Waals surface area (Å²) in [6.45, 7) is 3.18. The van der Waals surface area contributed by atoms with Crippen LogP contribution in [-0.2, 0) is 48.1 Å². The number of benzene rings is 2. The molecule has 19 nitrogen and oxygen atoms in total. The maximum absolute atomic E-state index is 13.8. The standard InChI is InChI=1S/C38H45N3O16/c1-20(2)4-9-24-25(43)16-26(44)30-32(48)37(35(57-36(24)30)21-5-7-23(51-3)8-6-21)56-29(46)11-10-28(45)53-15-14-52-19-22-17-41(40-39-22)12-13-54-38-34(50)33(49)31(47)27(18-42)55-38/h4-8,16-17,27,31,33-34,38,42-44,47,49-50H,9-15,18-19H2,1-3H3/t27-,31-,33+,34-,38-/m0/s1. The number of fused-ring (bicyclic) bond motifs is 1. The maximum atomic E-state index is 13.8. The number of phenols is 2. The molecule has 0 spiro atoms. The first kappa shape index (κ1) is 42.7. The molecule has 0 unspecified atom stereocenters. The highest BCUT2D eigenvalue weighted by molar-refractivity contribution is 5.92. The number of carbonyl (C=O) groups is 2. The Morgan fingerprint density at radius 1 is 0.965 bits per heavy atom. The van der Waals surface area contributed by atoms with Gasteiger partial charge in [0.1, 0.15) is 64.9 Å². The third-order valence-corrected chi connectivity index (χ3v) is 8.78.